The molecular weight excluding hydrogens is 216 g/mol. The maximum absolute atomic E-state index is 6.19. The van der Waals surface area contributed by atoms with Gasteiger partial charge in [0.15, 0.2) is 0 Å². The molecule has 4 heteroatoms. The third kappa shape index (κ3) is 2.69. The average molecular weight is 231 g/mol. The average Bonchev–Trinajstić information content (AvgIpc) is 2.78. The smallest absolute Gasteiger partial charge is 0.0794 e. The third-order valence-corrected chi connectivity index (χ3v) is 4.11. The Labute approximate surface area is 93.7 Å². The molecule has 1 aromatic heterocycles. The topological polar surface area (TPSA) is 24.9 Å². The molecule has 1 aliphatic rings. The lowest BCUT2D eigenvalue weighted by Crippen LogP contribution is -2.24. The summed E-state index contributed by atoms with van der Waals surface area (Å²) in [5.41, 5.74) is 1.87. The van der Waals surface area contributed by atoms with Gasteiger partial charge in [0, 0.05) is 23.0 Å². The molecule has 2 nitrogen and oxygen atoms in total. The van der Waals surface area contributed by atoms with Gasteiger partial charge in [-0.2, -0.15) is 0 Å². The predicted octanol–water partition coefficient (Wildman–Crippen LogP) is 2.64. The molecule has 0 aliphatic heterocycles. The molecule has 2 rings (SSSR count). The van der Waals surface area contributed by atoms with E-state index in [0.717, 1.165) is 13.1 Å². The van der Waals surface area contributed by atoms with Crippen LogP contribution >= 0.6 is 22.9 Å². The van der Waals surface area contributed by atoms with Gasteiger partial charge >= 0.3 is 0 Å². The molecule has 0 amide bonds. The summed E-state index contributed by atoms with van der Waals surface area (Å²) in [5.74, 6) is 0.671. The van der Waals surface area contributed by atoms with E-state index < -0.39 is 0 Å². The second-order valence-electron chi connectivity index (χ2n) is 3.81. The quantitative estimate of drug-likeness (QED) is 0.805. The van der Waals surface area contributed by atoms with Crippen molar-refractivity contribution in [3.8, 4) is 0 Å². The second kappa shape index (κ2) is 5.10. The van der Waals surface area contributed by atoms with Crippen molar-refractivity contribution in [1.82, 2.24) is 10.3 Å². The van der Waals surface area contributed by atoms with Crippen molar-refractivity contribution in [2.45, 2.75) is 31.2 Å². The van der Waals surface area contributed by atoms with Crippen LogP contribution in [0.3, 0.4) is 0 Å². The molecule has 1 fully saturated rings. The first-order valence-electron chi connectivity index (χ1n) is 5.08. The van der Waals surface area contributed by atoms with E-state index in [1.165, 1.54) is 24.1 Å². The molecule has 1 aromatic rings. The first kappa shape index (κ1) is 10.4. The fourth-order valence-electron chi connectivity index (χ4n) is 1.93. The van der Waals surface area contributed by atoms with E-state index in [4.69, 9.17) is 11.6 Å². The normalized spacial score (nSPS) is 26.9. The van der Waals surface area contributed by atoms with Gasteiger partial charge < -0.3 is 5.32 Å². The number of nitrogens with one attached hydrogen (secondary N) is 1. The van der Waals surface area contributed by atoms with E-state index in [0.29, 0.717) is 11.3 Å². The lowest BCUT2D eigenvalue weighted by Gasteiger charge is -2.13. The highest BCUT2D eigenvalue weighted by Crippen LogP contribution is 2.29. The first-order chi connectivity index (χ1) is 6.86. The predicted molar refractivity (Wildman–Crippen MR) is 60.8 cm³/mol. The molecule has 1 saturated carbocycles. The van der Waals surface area contributed by atoms with Crippen LogP contribution in [0.2, 0.25) is 0 Å². The molecule has 2 unspecified atom stereocenters. The molecular formula is C10H15ClN2S. The lowest BCUT2D eigenvalue weighted by molar-refractivity contribution is 0.495. The standard InChI is InChI=1S/C10H15ClN2S/c11-10-3-1-2-8(10)4-12-5-9-6-13-7-14-9/h6-8,10,12H,1-5H2. The van der Waals surface area contributed by atoms with Crippen LogP contribution in [0.5, 0.6) is 0 Å². The Kier molecular flexibility index (Phi) is 3.79. The van der Waals surface area contributed by atoms with Crippen molar-refractivity contribution < 1.29 is 0 Å². The van der Waals surface area contributed by atoms with Gasteiger partial charge in [-0.1, -0.05) is 6.42 Å². The number of aromatic nitrogens is 1. The molecule has 1 N–H and O–H groups in total. The molecule has 14 heavy (non-hydrogen) atoms. The zero-order valence-electron chi connectivity index (χ0n) is 8.08. The van der Waals surface area contributed by atoms with Gasteiger partial charge in [0.2, 0.25) is 0 Å². The van der Waals surface area contributed by atoms with E-state index >= 15 is 0 Å². The summed E-state index contributed by atoms with van der Waals surface area (Å²) in [6.45, 7) is 1.98. The Balaban J connectivity index is 1.68. The Morgan fingerprint density at radius 3 is 3.14 bits per heavy atom. The van der Waals surface area contributed by atoms with E-state index in [-0.39, 0.29) is 0 Å². The van der Waals surface area contributed by atoms with Crippen molar-refractivity contribution in [2.75, 3.05) is 6.54 Å². The largest absolute Gasteiger partial charge is 0.311 e. The highest BCUT2D eigenvalue weighted by molar-refractivity contribution is 7.09. The molecule has 78 valence electrons. The minimum atomic E-state index is 0.393. The summed E-state index contributed by atoms with van der Waals surface area (Å²) in [6, 6.07) is 0. The lowest BCUT2D eigenvalue weighted by atomic mass is 10.1. The minimum absolute atomic E-state index is 0.393. The molecule has 1 aliphatic carbocycles. The Hall–Kier alpha value is -0.120. The van der Waals surface area contributed by atoms with Gasteiger partial charge in [0.05, 0.1) is 5.51 Å². The molecule has 0 aromatic carbocycles. The molecule has 0 saturated heterocycles. The highest BCUT2D eigenvalue weighted by atomic mass is 35.5. The first-order valence-corrected chi connectivity index (χ1v) is 6.40. The fraction of sp³-hybridized carbons (Fsp3) is 0.700. The van der Waals surface area contributed by atoms with Crippen LogP contribution in [0.1, 0.15) is 24.1 Å². The van der Waals surface area contributed by atoms with Crippen LogP contribution in [0, 0.1) is 5.92 Å². The van der Waals surface area contributed by atoms with Gasteiger partial charge in [-0.3, -0.25) is 4.98 Å². The maximum atomic E-state index is 6.19. The number of alkyl halides is 1. The van der Waals surface area contributed by atoms with Crippen molar-refractivity contribution in [2.24, 2.45) is 5.92 Å². The Bertz CT molecular complexity index is 263. The van der Waals surface area contributed by atoms with Crippen LogP contribution in [-0.2, 0) is 6.54 Å². The van der Waals surface area contributed by atoms with Crippen molar-refractivity contribution in [3.05, 3.63) is 16.6 Å². The van der Waals surface area contributed by atoms with E-state index in [1.54, 1.807) is 11.3 Å². The van der Waals surface area contributed by atoms with Crippen LogP contribution in [0.15, 0.2) is 11.7 Å². The summed E-state index contributed by atoms with van der Waals surface area (Å²) >= 11 is 7.89. The minimum Gasteiger partial charge on any atom is -0.311 e. The van der Waals surface area contributed by atoms with Crippen LogP contribution in [-0.4, -0.2) is 16.9 Å². The number of thiazole rings is 1. The molecule has 2 atom stereocenters. The van der Waals surface area contributed by atoms with Gasteiger partial charge in [-0.15, -0.1) is 22.9 Å². The van der Waals surface area contributed by atoms with Crippen molar-refractivity contribution in [3.63, 3.8) is 0 Å². The SMILES string of the molecule is ClC1CCCC1CNCc1cncs1. The molecule has 1 heterocycles. The van der Waals surface area contributed by atoms with Crippen LogP contribution < -0.4 is 5.32 Å². The number of hydrogen-bond donors (Lipinski definition) is 1. The fourth-order valence-corrected chi connectivity index (χ4v) is 2.87. The zero-order valence-corrected chi connectivity index (χ0v) is 9.65. The summed E-state index contributed by atoms with van der Waals surface area (Å²) in [7, 11) is 0. The summed E-state index contributed by atoms with van der Waals surface area (Å²) in [5, 5.41) is 3.84. The van der Waals surface area contributed by atoms with E-state index in [2.05, 4.69) is 10.3 Å². The maximum Gasteiger partial charge on any atom is 0.0794 e. The van der Waals surface area contributed by atoms with Gasteiger partial charge in [-0.05, 0) is 25.3 Å². The highest BCUT2D eigenvalue weighted by Gasteiger charge is 2.24. The van der Waals surface area contributed by atoms with Crippen molar-refractivity contribution >= 4 is 22.9 Å². The summed E-state index contributed by atoms with van der Waals surface area (Å²) in [6.07, 6.45) is 5.68. The van der Waals surface area contributed by atoms with Crippen molar-refractivity contribution in [1.29, 1.82) is 0 Å². The van der Waals surface area contributed by atoms with E-state index in [1.807, 2.05) is 11.7 Å². The number of rotatable bonds is 4. The van der Waals surface area contributed by atoms with Gasteiger partial charge in [0.1, 0.15) is 0 Å². The van der Waals surface area contributed by atoms with E-state index in [9.17, 15) is 0 Å². The monoisotopic (exact) mass is 230 g/mol. The molecule has 0 bridgehead atoms. The molecule has 0 spiro atoms. The third-order valence-electron chi connectivity index (χ3n) is 2.76. The van der Waals surface area contributed by atoms with Crippen LogP contribution in [0.25, 0.3) is 0 Å². The Morgan fingerprint density at radius 1 is 1.57 bits per heavy atom. The van der Waals surface area contributed by atoms with Gasteiger partial charge in [0.25, 0.3) is 0 Å². The number of nitrogens with zero attached hydrogens (tertiary/aromatic N) is 1. The number of hydrogen-bond acceptors (Lipinski definition) is 3. The summed E-state index contributed by atoms with van der Waals surface area (Å²) < 4.78 is 0. The zero-order chi connectivity index (χ0) is 9.80. The van der Waals surface area contributed by atoms with Gasteiger partial charge in [-0.25, -0.2) is 0 Å². The Morgan fingerprint density at radius 2 is 2.50 bits per heavy atom. The second-order valence-corrected chi connectivity index (χ2v) is 5.34. The summed E-state index contributed by atoms with van der Waals surface area (Å²) in [4.78, 5) is 5.34. The molecule has 0 radical (unpaired) electrons. The van der Waals surface area contributed by atoms with Crippen LogP contribution in [0.4, 0.5) is 0 Å². The number of halogens is 1.